The average Bonchev–Trinajstić information content (AvgIpc) is 2.87. The molecule has 1 amide bonds. The van der Waals surface area contributed by atoms with Gasteiger partial charge >= 0.3 is 0 Å². The van der Waals surface area contributed by atoms with E-state index < -0.39 is 0 Å². The van der Waals surface area contributed by atoms with Gasteiger partial charge in [-0.05, 0) is 23.0 Å². The summed E-state index contributed by atoms with van der Waals surface area (Å²) in [6.07, 6.45) is 1.47. The fourth-order valence-corrected chi connectivity index (χ4v) is 2.01. The van der Waals surface area contributed by atoms with E-state index >= 15 is 0 Å². The van der Waals surface area contributed by atoms with Crippen LogP contribution in [0.1, 0.15) is 14.5 Å². The van der Waals surface area contributed by atoms with Crippen molar-refractivity contribution in [2.24, 2.45) is 0 Å². The summed E-state index contributed by atoms with van der Waals surface area (Å²) in [5, 5.41) is 8.37. The number of aromatic nitrogens is 2. The first kappa shape index (κ1) is 9.29. The number of rotatable bonds is 3. The standard InChI is InChI=1S/C8H7N3OS2/c12-8(7-5-10-11-14-7)9-4-6-2-1-3-13-6/h1-3,5H,4H2,(H,9,12). The minimum absolute atomic E-state index is 0.117. The summed E-state index contributed by atoms with van der Waals surface area (Å²) >= 11 is 2.72. The van der Waals surface area contributed by atoms with Crippen LogP contribution in [0.5, 0.6) is 0 Å². The summed E-state index contributed by atoms with van der Waals surface area (Å²) in [7, 11) is 0. The highest BCUT2D eigenvalue weighted by atomic mass is 32.1. The zero-order chi connectivity index (χ0) is 9.80. The maximum atomic E-state index is 11.4. The number of hydrogen-bond acceptors (Lipinski definition) is 5. The molecule has 14 heavy (non-hydrogen) atoms. The Kier molecular flexibility index (Phi) is 2.85. The van der Waals surface area contributed by atoms with Crippen LogP contribution in [0.2, 0.25) is 0 Å². The molecule has 6 heteroatoms. The lowest BCUT2D eigenvalue weighted by Crippen LogP contribution is -2.21. The fraction of sp³-hybridized carbons (Fsp3) is 0.125. The van der Waals surface area contributed by atoms with Crippen molar-refractivity contribution in [3.05, 3.63) is 33.5 Å². The van der Waals surface area contributed by atoms with Gasteiger partial charge in [0.05, 0.1) is 12.7 Å². The number of hydrogen-bond donors (Lipinski definition) is 1. The second kappa shape index (κ2) is 4.30. The van der Waals surface area contributed by atoms with Gasteiger partial charge in [0.2, 0.25) is 0 Å². The number of nitrogens with zero attached hydrogens (tertiary/aromatic N) is 2. The molecule has 0 atom stereocenters. The molecule has 72 valence electrons. The van der Waals surface area contributed by atoms with Gasteiger partial charge in [0.15, 0.2) is 0 Å². The number of carbonyl (C=O) groups excluding carboxylic acids is 1. The molecule has 2 rings (SSSR count). The highest BCUT2D eigenvalue weighted by Crippen LogP contribution is 2.08. The third-order valence-corrected chi connectivity index (χ3v) is 3.13. The summed E-state index contributed by atoms with van der Waals surface area (Å²) in [5.74, 6) is -0.117. The van der Waals surface area contributed by atoms with Crippen molar-refractivity contribution in [2.45, 2.75) is 6.54 Å². The van der Waals surface area contributed by atoms with Crippen molar-refractivity contribution < 1.29 is 4.79 Å². The Labute approximate surface area is 88.8 Å². The number of nitrogens with one attached hydrogen (secondary N) is 1. The van der Waals surface area contributed by atoms with Gasteiger partial charge in [-0.15, -0.1) is 16.4 Å². The maximum absolute atomic E-state index is 11.4. The van der Waals surface area contributed by atoms with Crippen molar-refractivity contribution in [1.29, 1.82) is 0 Å². The summed E-state index contributed by atoms with van der Waals surface area (Å²) in [4.78, 5) is 13.1. The van der Waals surface area contributed by atoms with Gasteiger partial charge in [-0.2, -0.15) is 0 Å². The Morgan fingerprint density at radius 1 is 1.57 bits per heavy atom. The molecule has 0 aliphatic heterocycles. The molecule has 2 aromatic rings. The van der Waals surface area contributed by atoms with Gasteiger partial charge in [0.1, 0.15) is 4.88 Å². The van der Waals surface area contributed by atoms with Crippen LogP contribution in [-0.2, 0) is 6.54 Å². The lowest BCUT2D eigenvalue weighted by molar-refractivity contribution is 0.0955. The van der Waals surface area contributed by atoms with Gasteiger partial charge in [-0.1, -0.05) is 10.6 Å². The van der Waals surface area contributed by atoms with Crippen molar-refractivity contribution in [3.8, 4) is 0 Å². The Balaban J connectivity index is 1.90. The first-order valence-corrected chi connectivity index (χ1v) is 5.59. The first-order chi connectivity index (χ1) is 6.86. The van der Waals surface area contributed by atoms with Crippen LogP contribution in [-0.4, -0.2) is 15.5 Å². The zero-order valence-electron chi connectivity index (χ0n) is 7.14. The molecule has 0 aliphatic carbocycles. The largest absolute Gasteiger partial charge is 0.346 e. The SMILES string of the molecule is O=C(NCc1cccs1)c1cnns1. The molecule has 0 aromatic carbocycles. The Bertz CT molecular complexity index is 396. The summed E-state index contributed by atoms with van der Waals surface area (Å²) < 4.78 is 3.62. The molecular weight excluding hydrogens is 218 g/mol. The number of thiophene rings is 1. The highest BCUT2D eigenvalue weighted by Gasteiger charge is 2.07. The molecule has 0 saturated heterocycles. The van der Waals surface area contributed by atoms with Crippen molar-refractivity contribution in [1.82, 2.24) is 14.9 Å². The Hall–Kier alpha value is -1.27. The molecule has 0 unspecified atom stereocenters. The van der Waals surface area contributed by atoms with Crippen LogP contribution in [0.15, 0.2) is 23.7 Å². The first-order valence-electron chi connectivity index (χ1n) is 3.94. The lowest BCUT2D eigenvalue weighted by Gasteiger charge is -1.99. The van der Waals surface area contributed by atoms with E-state index in [0.717, 1.165) is 16.4 Å². The molecule has 0 spiro atoms. The van der Waals surface area contributed by atoms with E-state index in [0.29, 0.717) is 11.4 Å². The smallest absolute Gasteiger partial charge is 0.264 e. The summed E-state index contributed by atoms with van der Waals surface area (Å²) in [5.41, 5.74) is 0. The third-order valence-electron chi connectivity index (χ3n) is 1.59. The van der Waals surface area contributed by atoms with Crippen LogP contribution in [0.3, 0.4) is 0 Å². The van der Waals surface area contributed by atoms with Crippen LogP contribution in [0.25, 0.3) is 0 Å². The van der Waals surface area contributed by atoms with Gasteiger partial charge < -0.3 is 5.32 Å². The monoisotopic (exact) mass is 225 g/mol. The average molecular weight is 225 g/mol. The molecule has 2 aromatic heterocycles. The van der Waals surface area contributed by atoms with Crippen molar-refractivity contribution in [3.63, 3.8) is 0 Å². The van der Waals surface area contributed by atoms with Crippen LogP contribution in [0.4, 0.5) is 0 Å². The lowest BCUT2D eigenvalue weighted by atomic mass is 10.4. The molecule has 2 heterocycles. The van der Waals surface area contributed by atoms with E-state index in [1.807, 2.05) is 17.5 Å². The molecule has 0 fully saturated rings. The van der Waals surface area contributed by atoms with E-state index in [1.54, 1.807) is 11.3 Å². The molecule has 0 bridgehead atoms. The van der Waals surface area contributed by atoms with E-state index in [2.05, 4.69) is 14.9 Å². The van der Waals surface area contributed by atoms with Crippen molar-refractivity contribution in [2.75, 3.05) is 0 Å². The summed E-state index contributed by atoms with van der Waals surface area (Å²) in [6.45, 7) is 0.564. The van der Waals surface area contributed by atoms with Gasteiger partial charge in [0, 0.05) is 4.88 Å². The van der Waals surface area contributed by atoms with E-state index in [1.165, 1.54) is 6.20 Å². The second-order valence-corrected chi connectivity index (χ2v) is 4.36. The second-order valence-electron chi connectivity index (χ2n) is 2.54. The fourth-order valence-electron chi connectivity index (χ4n) is 0.935. The molecular formula is C8H7N3OS2. The van der Waals surface area contributed by atoms with Gasteiger partial charge in [-0.3, -0.25) is 4.79 Å². The van der Waals surface area contributed by atoms with Crippen LogP contribution < -0.4 is 5.32 Å². The molecule has 4 nitrogen and oxygen atoms in total. The topological polar surface area (TPSA) is 54.9 Å². The van der Waals surface area contributed by atoms with E-state index in [-0.39, 0.29) is 5.91 Å². The van der Waals surface area contributed by atoms with Crippen LogP contribution >= 0.6 is 22.9 Å². The maximum Gasteiger partial charge on any atom is 0.264 e. The van der Waals surface area contributed by atoms with Gasteiger partial charge in [0.25, 0.3) is 5.91 Å². The summed E-state index contributed by atoms with van der Waals surface area (Å²) in [6, 6.07) is 3.94. The predicted molar refractivity (Wildman–Crippen MR) is 55.4 cm³/mol. The van der Waals surface area contributed by atoms with E-state index in [4.69, 9.17) is 0 Å². The molecule has 0 saturated carbocycles. The highest BCUT2D eigenvalue weighted by molar-refractivity contribution is 7.10. The number of amides is 1. The quantitative estimate of drug-likeness (QED) is 0.861. The molecule has 0 radical (unpaired) electrons. The normalized spacial score (nSPS) is 10.0. The van der Waals surface area contributed by atoms with E-state index in [9.17, 15) is 4.79 Å². The van der Waals surface area contributed by atoms with Crippen LogP contribution in [0, 0.1) is 0 Å². The molecule has 1 N–H and O–H groups in total. The molecule has 0 aliphatic rings. The van der Waals surface area contributed by atoms with Crippen molar-refractivity contribution >= 4 is 28.8 Å². The minimum atomic E-state index is -0.117. The minimum Gasteiger partial charge on any atom is -0.346 e. The van der Waals surface area contributed by atoms with Gasteiger partial charge in [-0.25, -0.2) is 0 Å². The Morgan fingerprint density at radius 2 is 2.50 bits per heavy atom. The Morgan fingerprint density at radius 3 is 3.14 bits per heavy atom. The zero-order valence-corrected chi connectivity index (χ0v) is 8.77. The third kappa shape index (κ3) is 2.15. The predicted octanol–water partition coefficient (Wildman–Crippen LogP) is 1.53. The number of carbonyl (C=O) groups is 1.